The molecule has 0 amide bonds. The molecule has 0 aromatic heterocycles. The Labute approximate surface area is 146 Å². The molecule has 0 aliphatic rings. The Kier molecular flexibility index (Phi) is 5.68. The fourth-order valence-electron chi connectivity index (χ4n) is 1.83. The normalized spacial score (nSPS) is 11.4. The number of thiocarbonyl (C=S) groups is 1. The van der Waals surface area contributed by atoms with Gasteiger partial charge in [0.15, 0.2) is 10.0 Å². The Morgan fingerprint density at radius 3 is 2.33 bits per heavy atom. The van der Waals surface area contributed by atoms with E-state index in [0.29, 0.717) is 0 Å². The van der Waals surface area contributed by atoms with E-state index in [2.05, 4.69) is 10.6 Å². The number of hydrogen-bond donors (Lipinski definition) is 2. The van der Waals surface area contributed by atoms with Crippen molar-refractivity contribution >= 4 is 32.9 Å². The first kappa shape index (κ1) is 17.7. The van der Waals surface area contributed by atoms with E-state index in [1.807, 2.05) is 37.3 Å². The highest BCUT2D eigenvalue weighted by Crippen LogP contribution is 2.18. The van der Waals surface area contributed by atoms with E-state index in [-0.39, 0.29) is 10.0 Å². The van der Waals surface area contributed by atoms with Crippen LogP contribution in [-0.2, 0) is 9.84 Å². The molecule has 0 unspecified atom stereocenters. The number of nitriles is 1. The van der Waals surface area contributed by atoms with Gasteiger partial charge in [-0.25, -0.2) is 8.42 Å². The summed E-state index contributed by atoms with van der Waals surface area (Å²) in [7, 11) is -3.89. The molecule has 0 fully saturated rings. The van der Waals surface area contributed by atoms with Crippen LogP contribution in [-0.4, -0.2) is 13.5 Å². The fourth-order valence-corrected chi connectivity index (χ4v) is 3.09. The maximum absolute atomic E-state index is 12.5. The van der Waals surface area contributed by atoms with Gasteiger partial charge < -0.3 is 10.6 Å². The van der Waals surface area contributed by atoms with Crippen LogP contribution in [0.3, 0.4) is 0 Å². The van der Waals surface area contributed by atoms with E-state index >= 15 is 0 Å². The summed E-state index contributed by atoms with van der Waals surface area (Å²) in [6.07, 6.45) is 1.09. The van der Waals surface area contributed by atoms with Crippen molar-refractivity contribution < 1.29 is 8.42 Å². The monoisotopic (exact) mass is 357 g/mol. The molecule has 0 saturated carbocycles. The van der Waals surface area contributed by atoms with Crippen LogP contribution in [0.2, 0.25) is 0 Å². The van der Waals surface area contributed by atoms with Gasteiger partial charge in [-0.15, -0.1) is 0 Å². The van der Waals surface area contributed by atoms with Gasteiger partial charge in [-0.3, -0.25) is 0 Å². The standard InChI is InChI=1S/C17H15N3O2S2/c1-13-7-9-15(10-8-13)24(21,22)16(11-18)12-19-17(23)20-14-5-3-2-4-6-14/h2-10,12H,1H3,(H2,19,20,23). The van der Waals surface area contributed by atoms with E-state index in [1.54, 1.807) is 18.2 Å². The molecule has 5 nitrogen and oxygen atoms in total. The summed E-state index contributed by atoms with van der Waals surface area (Å²) in [6.45, 7) is 1.85. The molecule has 2 aromatic carbocycles. The molecule has 7 heteroatoms. The second kappa shape index (κ2) is 7.73. The van der Waals surface area contributed by atoms with Crippen LogP contribution in [0.5, 0.6) is 0 Å². The maximum Gasteiger partial charge on any atom is 0.218 e. The number of rotatable bonds is 4. The molecule has 0 saturated heterocycles. The van der Waals surface area contributed by atoms with E-state index in [9.17, 15) is 13.7 Å². The zero-order chi connectivity index (χ0) is 17.6. The summed E-state index contributed by atoms with van der Waals surface area (Å²) >= 11 is 5.09. The minimum absolute atomic E-state index is 0.0598. The molecule has 0 bridgehead atoms. The Bertz CT molecular complexity index is 897. The molecular formula is C17H15N3O2S2. The Morgan fingerprint density at radius 2 is 1.75 bits per heavy atom. The minimum Gasteiger partial charge on any atom is -0.337 e. The quantitative estimate of drug-likeness (QED) is 0.646. The van der Waals surface area contributed by atoms with E-state index in [0.717, 1.165) is 17.5 Å². The van der Waals surface area contributed by atoms with Crippen LogP contribution in [0.15, 0.2) is 70.6 Å². The third-order valence-electron chi connectivity index (χ3n) is 3.10. The molecule has 0 spiro atoms. The number of allylic oxidation sites excluding steroid dienone is 1. The van der Waals surface area contributed by atoms with E-state index in [4.69, 9.17) is 12.2 Å². The minimum atomic E-state index is -3.89. The Morgan fingerprint density at radius 1 is 1.12 bits per heavy atom. The lowest BCUT2D eigenvalue weighted by Crippen LogP contribution is -2.24. The van der Waals surface area contributed by atoms with Crippen molar-refractivity contribution in [2.24, 2.45) is 0 Å². The van der Waals surface area contributed by atoms with Crippen molar-refractivity contribution in [3.63, 3.8) is 0 Å². The third-order valence-corrected chi connectivity index (χ3v) is 5.00. The molecular weight excluding hydrogens is 342 g/mol. The highest BCUT2D eigenvalue weighted by molar-refractivity contribution is 7.95. The average molecular weight is 357 g/mol. The van der Waals surface area contributed by atoms with Crippen LogP contribution in [0.1, 0.15) is 5.56 Å². The number of sulfone groups is 1. The number of hydrogen-bond acceptors (Lipinski definition) is 4. The second-order valence-electron chi connectivity index (χ2n) is 4.90. The highest BCUT2D eigenvalue weighted by Gasteiger charge is 2.20. The van der Waals surface area contributed by atoms with E-state index < -0.39 is 14.7 Å². The topological polar surface area (TPSA) is 82.0 Å². The van der Waals surface area contributed by atoms with Crippen LogP contribution < -0.4 is 10.6 Å². The van der Waals surface area contributed by atoms with Gasteiger partial charge in [-0.2, -0.15) is 5.26 Å². The van der Waals surface area contributed by atoms with Crippen molar-refractivity contribution in [1.82, 2.24) is 5.32 Å². The zero-order valence-electron chi connectivity index (χ0n) is 12.9. The highest BCUT2D eigenvalue weighted by atomic mass is 32.2. The summed E-state index contributed by atoms with van der Waals surface area (Å²) in [6, 6.07) is 17.2. The smallest absolute Gasteiger partial charge is 0.218 e. The summed E-state index contributed by atoms with van der Waals surface area (Å²) < 4.78 is 24.9. The van der Waals surface area contributed by atoms with Gasteiger partial charge in [0.05, 0.1) is 4.90 Å². The molecule has 0 heterocycles. The molecule has 24 heavy (non-hydrogen) atoms. The number of para-hydroxylation sites is 1. The molecule has 2 aromatic rings. The molecule has 0 atom stereocenters. The predicted octanol–water partition coefficient (Wildman–Crippen LogP) is 3.12. The molecule has 2 rings (SSSR count). The summed E-state index contributed by atoms with van der Waals surface area (Å²) in [4.78, 5) is -0.354. The number of aryl methyl sites for hydroxylation is 1. The van der Waals surface area contributed by atoms with Gasteiger partial charge >= 0.3 is 0 Å². The second-order valence-corrected chi connectivity index (χ2v) is 7.23. The lowest BCUT2D eigenvalue weighted by molar-refractivity contribution is 0.603. The van der Waals surface area contributed by atoms with Gasteiger partial charge in [-0.1, -0.05) is 35.9 Å². The summed E-state index contributed by atoms with van der Waals surface area (Å²) in [5.41, 5.74) is 1.69. The lowest BCUT2D eigenvalue weighted by atomic mass is 10.2. The number of benzene rings is 2. The van der Waals surface area contributed by atoms with Gasteiger partial charge in [0.2, 0.25) is 9.84 Å². The fraction of sp³-hybridized carbons (Fsp3) is 0.0588. The van der Waals surface area contributed by atoms with Crippen LogP contribution in [0.4, 0.5) is 5.69 Å². The maximum atomic E-state index is 12.5. The molecule has 0 radical (unpaired) electrons. The first-order chi connectivity index (χ1) is 11.4. The molecule has 122 valence electrons. The molecule has 0 aliphatic carbocycles. The van der Waals surface area contributed by atoms with Gasteiger partial charge in [0.25, 0.3) is 0 Å². The number of nitrogens with zero attached hydrogens (tertiary/aromatic N) is 1. The van der Waals surface area contributed by atoms with Crippen molar-refractivity contribution in [2.45, 2.75) is 11.8 Å². The largest absolute Gasteiger partial charge is 0.337 e. The predicted molar refractivity (Wildman–Crippen MR) is 97.9 cm³/mol. The third kappa shape index (κ3) is 4.41. The van der Waals surface area contributed by atoms with E-state index in [1.165, 1.54) is 12.1 Å². The Balaban J connectivity index is 2.15. The lowest BCUT2D eigenvalue weighted by Gasteiger charge is -2.08. The SMILES string of the molecule is Cc1ccc(S(=O)(=O)C(C#N)=CNC(=S)Nc2ccccc2)cc1. The van der Waals surface area contributed by atoms with Gasteiger partial charge in [0.1, 0.15) is 6.07 Å². The van der Waals surface area contributed by atoms with Crippen molar-refractivity contribution in [2.75, 3.05) is 5.32 Å². The number of nitrogens with one attached hydrogen (secondary N) is 2. The van der Waals surface area contributed by atoms with Gasteiger partial charge in [0, 0.05) is 11.9 Å². The average Bonchev–Trinajstić information content (AvgIpc) is 2.56. The van der Waals surface area contributed by atoms with Gasteiger partial charge in [-0.05, 0) is 43.4 Å². The van der Waals surface area contributed by atoms with Crippen molar-refractivity contribution in [3.05, 3.63) is 71.3 Å². The van der Waals surface area contributed by atoms with Crippen molar-refractivity contribution in [1.29, 1.82) is 5.26 Å². The first-order valence-electron chi connectivity index (χ1n) is 6.98. The first-order valence-corrected chi connectivity index (χ1v) is 8.87. The summed E-state index contributed by atoms with van der Waals surface area (Å²) in [5, 5.41) is 14.9. The van der Waals surface area contributed by atoms with Crippen molar-refractivity contribution in [3.8, 4) is 6.07 Å². The molecule has 0 aliphatic heterocycles. The zero-order valence-corrected chi connectivity index (χ0v) is 14.5. The number of anilines is 1. The van der Waals surface area contributed by atoms with Crippen LogP contribution in [0.25, 0.3) is 0 Å². The molecule has 2 N–H and O–H groups in total. The Hall–Kier alpha value is -2.69. The van der Waals surface area contributed by atoms with Crippen LogP contribution >= 0.6 is 12.2 Å². The van der Waals surface area contributed by atoms with Crippen LogP contribution in [0, 0.1) is 18.3 Å². The summed E-state index contributed by atoms with van der Waals surface area (Å²) in [5.74, 6) is 0.